The Labute approximate surface area is 108 Å². The maximum Gasteiger partial charge on any atom is 0.410 e. The lowest BCUT2D eigenvalue weighted by atomic mass is 10.2. The Morgan fingerprint density at radius 1 is 1.33 bits per heavy atom. The summed E-state index contributed by atoms with van der Waals surface area (Å²) in [5.41, 5.74) is -0.487. The average molecular weight is 262 g/mol. The molecule has 0 spiro atoms. The van der Waals surface area contributed by atoms with E-state index in [-0.39, 0.29) is 6.09 Å². The fourth-order valence-corrected chi connectivity index (χ4v) is 1.79. The molecule has 1 saturated heterocycles. The van der Waals surface area contributed by atoms with Crippen molar-refractivity contribution in [3.63, 3.8) is 0 Å². The second kappa shape index (κ2) is 6.33. The summed E-state index contributed by atoms with van der Waals surface area (Å²) >= 11 is 0. The lowest BCUT2D eigenvalue weighted by Crippen LogP contribution is -2.51. The average Bonchev–Trinajstić information content (AvgIpc) is 2.27. The number of amides is 1. The molecular weight excluding hydrogens is 239 g/mol. The third kappa shape index (κ3) is 5.18. The Bertz CT molecular complexity index is 273. The highest BCUT2D eigenvalue weighted by atomic mass is 19.1. The summed E-state index contributed by atoms with van der Waals surface area (Å²) in [6, 6.07) is 0. The summed E-state index contributed by atoms with van der Waals surface area (Å²) in [6.45, 7) is 7.45. The molecule has 18 heavy (non-hydrogen) atoms. The van der Waals surface area contributed by atoms with Crippen molar-refractivity contribution >= 4 is 6.09 Å². The van der Waals surface area contributed by atoms with E-state index in [0.717, 1.165) is 0 Å². The molecule has 5 nitrogen and oxygen atoms in total. The molecule has 0 aromatic carbocycles. The number of alkyl halides is 1. The van der Waals surface area contributed by atoms with Gasteiger partial charge < -0.3 is 14.7 Å². The van der Waals surface area contributed by atoms with Gasteiger partial charge >= 0.3 is 6.09 Å². The molecule has 0 aliphatic carbocycles. The molecule has 0 aromatic rings. The molecule has 1 N–H and O–H groups in total. The third-order valence-electron chi connectivity index (χ3n) is 2.67. The highest BCUT2D eigenvalue weighted by molar-refractivity contribution is 5.68. The Balaban J connectivity index is 2.33. The van der Waals surface area contributed by atoms with Crippen LogP contribution in [0.2, 0.25) is 0 Å². The van der Waals surface area contributed by atoms with E-state index in [0.29, 0.717) is 32.7 Å². The number of carbonyl (C=O) groups is 1. The minimum Gasteiger partial charge on any atom is -0.444 e. The van der Waals surface area contributed by atoms with Crippen LogP contribution in [0, 0.1) is 0 Å². The zero-order valence-electron chi connectivity index (χ0n) is 11.4. The van der Waals surface area contributed by atoms with Gasteiger partial charge in [-0.15, -0.1) is 0 Å². The van der Waals surface area contributed by atoms with Crippen LogP contribution in [0.4, 0.5) is 9.18 Å². The largest absolute Gasteiger partial charge is 0.444 e. The summed E-state index contributed by atoms with van der Waals surface area (Å²) in [7, 11) is 0. The lowest BCUT2D eigenvalue weighted by Gasteiger charge is -2.36. The number of aliphatic hydroxyl groups excluding tert-OH is 1. The Kier molecular flexibility index (Phi) is 5.34. The van der Waals surface area contributed by atoms with E-state index >= 15 is 0 Å². The highest BCUT2D eigenvalue weighted by Gasteiger charge is 2.26. The summed E-state index contributed by atoms with van der Waals surface area (Å²) in [5, 5.41) is 9.22. The van der Waals surface area contributed by atoms with E-state index in [4.69, 9.17) is 4.74 Å². The standard InChI is InChI=1S/C12H23FN2O3/c1-12(2,3)18-11(17)15-6-4-14(5-7-15)9-10(16)8-13/h10,16H,4-9H2,1-3H3/t10-/m1/s1. The molecule has 1 fully saturated rings. The van der Waals surface area contributed by atoms with Crippen LogP contribution in [-0.2, 0) is 4.74 Å². The summed E-state index contributed by atoms with van der Waals surface area (Å²) in [4.78, 5) is 15.4. The van der Waals surface area contributed by atoms with Gasteiger partial charge in [-0.3, -0.25) is 4.90 Å². The normalized spacial score (nSPS) is 19.7. The number of aliphatic hydroxyl groups is 1. The van der Waals surface area contributed by atoms with E-state index in [1.165, 1.54) is 0 Å². The molecule has 0 radical (unpaired) electrons. The number of rotatable bonds is 3. The fraction of sp³-hybridized carbons (Fsp3) is 0.917. The minimum absolute atomic E-state index is 0.312. The van der Waals surface area contributed by atoms with Gasteiger partial charge in [0.25, 0.3) is 0 Å². The Morgan fingerprint density at radius 3 is 2.33 bits per heavy atom. The second-order valence-electron chi connectivity index (χ2n) is 5.58. The van der Waals surface area contributed by atoms with Gasteiger partial charge in [0.15, 0.2) is 0 Å². The van der Waals surface area contributed by atoms with Crippen molar-refractivity contribution in [2.75, 3.05) is 39.4 Å². The molecule has 1 amide bonds. The van der Waals surface area contributed by atoms with Crippen LogP contribution in [0.15, 0.2) is 0 Å². The number of ether oxygens (including phenoxy) is 1. The van der Waals surface area contributed by atoms with E-state index in [1.54, 1.807) is 4.90 Å². The second-order valence-corrected chi connectivity index (χ2v) is 5.58. The van der Waals surface area contributed by atoms with Crippen molar-refractivity contribution < 1.29 is 19.0 Å². The van der Waals surface area contributed by atoms with Crippen LogP contribution in [-0.4, -0.2) is 72.1 Å². The van der Waals surface area contributed by atoms with Crippen LogP contribution < -0.4 is 0 Å². The number of hydrogen-bond acceptors (Lipinski definition) is 4. The van der Waals surface area contributed by atoms with Gasteiger partial charge in [0.2, 0.25) is 0 Å². The molecule has 1 aliphatic rings. The molecule has 6 heteroatoms. The lowest BCUT2D eigenvalue weighted by molar-refractivity contribution is 0.00889. The number of hydrogen-bond donors (Lipinski definition) is 1. The number of nitrogens with zero attached hydrogens (tertiary/aromatic N) is 2. The van der Waals surface area contributed by atoms with Crippen molar-refractivity contribution in [1.29, 1.82) is 0 Å². The predicted molar refractivity (Wildman–Crippen MR) is 66.2 cm³/mol. The first-order chi connectivity index (χ1) is 8.31. The maximum absolute atomic E-state index is 12.2. The molecule has 0 saturated carbocycles. The summed E-state index contributed by atoms with van der Waals surface area (Å²) < 4.78 is 17.4. The van der Waals surface area contributed by atoms with E-state index in [9.17, 15) is 14.3 Å². The van der Waals surface area contributed by atoms with Gasteiger partial charge in [-0.1, -0.05) is 0 Å². The van der Waals surface area contributed by atoms with Gasteiger partial charge in [-0.05, 0) is 20.8 Å². The van der Waals surface area contributed by atoms with E-state index in [1.807, 2.05) is 25.7 Å². The van der Waals surface area contributed by atoms with Crippen molar-refractivity contribution in [1.82, 2.24) is 9.80 Å². The van der Waals surface area contributed by atoms with Crippen LogP contribution in [0.3, 0.4) is 0 Å². The first kappa shape index (κ1) is 15.2. The number of β-amino-alcohol motifs (C(OH)–C–C–N with tert-alkyl or cyclic N) is 1. The van der Waals surface area contributed by atoms with Gasteiger partial charge in [0, 0.05) is 32.7 Å². The third-order valence-corrected chi connectivity index (χ3v) is 2.67. The summed E-state index contributed by atoms with van der Waals surface area (Å²) in [5.74, 6) is 0. The van der Waals surface area contributed by atoms with Gasteiger partial charge in [0.05, 0.1) is 6.10 Å². The first-order valence-electron chi connectivity index (χ1n) is 6.26. The smallest absolute Gasteiger partial charge is 0.410 e. The summed E-state index contributed by atoms with van der Waals surface area (Å²) in [6.07, 6.45) is -1.24. The van der Waals surface area contributed by atoms with Crippen molar-refractivity contribution in [3.05, 3.63) is 0 Å². The SMILES string of the molecule is CC(C)(C)OC(=O)N1CCN(C[C@H](O)CF)CC1. The molecule has 1 heterocycles. The molecule has 1 atom stereocenters. The first-order valence-corrected chi connectivity index (χ1v) is 6.26. The quantitative estimate of drug-likeness (QED) is 0.820. The van der Waals surface area contributed by atoms with Crippen LogP contribution >= 0.6 is 0 Å². The monoisotopic (exact) mass is 262 g/mol. The molecule has 1 rings (SSSR count). The topological polar surface area (TPSA) is 53.0 Å². The number of halogens is 1. The Morgan fingerprint density at radius 2 is 1.89 bits per heavy atom. The molecule has 106 valence electrons. The van der Waals surface area contributed by atoms with E-state index in [2.05, 4.69) is 0 Å². The van der Waals surface area contributed by atoms with Gasteiger partial charge in [-0.25, -0.2) is 9.18 Å². The van der Waals surface area contributed by atoms with Crippen LogP contribution in [0.5, 0.6) is 0 Å². The zero-order valence-corrected chi connectivity index (χ0v) is 11.4. The van der Waals surface area contributed by atoms with Crippen molar-refractivity contribution in [3.8, 4) is 0 Å². The zero-order chi connectivity index (χ0) is 13.8. The molecular formula is C12H23FN2O3. The van der Waals surface area contributed by atoms with Gasteiger partial charge in [-0.2, -0.15) is 0 Å². The van der Waals surface area contributed by atoms with Crippen LogP contribution in [0.1, 0.15) is 20.8 Å². The minimum atomic E-state index is -0.932. The fourth-order valence-electron chi connectivity index (χ4n) is 1.79. The van der Waals surface area contributed by atoms with Crippen molar-refractivity contribution in [2.45, 2.75) is 32.5 Å². The highest BCUT2D eigenvalue weighted by Crippen LogP contribution is 2.12. The predicted octanol–water partition coefficient (Wildman–Crippen LogP) is 0.869. The number of carbonyl (C=O) groups excluding carboxylic acids is 1. The molecule has 0 bridgehead atoms. The molecule has 0 aromatic heterocycles. The van der Waals surface area contributed by atoms with Crippen LogP contribution in [0.25, 0.3) is 0 Å². The Hall–Kier alpha value is -0.880. The molecule has 0 unspecified atom stereocenters. The number of piperazine rings is 1. The molecule has 1 aliphatic heterocycles. The van der Waals surface area contributed by atoms with E-state index < -0.39 is 18.4 Å². The van der Waals surface area contributed by atoms with Gasteiger partial charge in [0.1, 0.15) is 12.3 Å². The van der Waals surface area contributed by atoms with Crippen molar-refractivity contribution in [2.24, 2.45) is 0 Å². The maximum atomic E-state index is 12.2.